The van der Waals surface area contributed by atoms with Crippen molar-refractivity contribution in [2.75, 3.05) is 5.01 Å². The molecule has 0 fully saturated rings. The zero-order chi connectivity index (χ0) is 8.27. The highest BCUT2D eigenvalue weighted by Crippen LogP contribution is 2.08. The van der Waals surface area contributed by atoms with Crippen molar-refractivity contribution in [2.24, 2.45) is 5.84 Å². The lowest BCUT2D eigenvalue weighted by Crippen LogP contribution is -2.29. The number of anilines is 1. The Kier molecular flexibility index (Phi) is 2.50. The van der Waals surface area contributed by atoms with Gasteiger partial charge in [0.2, 0.25) is 6.41 Å². The number of hydrogen-bond acceptors (Lipinski definition) is 4. The Labute approximate surface area is 71.3 Å². The summed E-state index contributed by atoms with van der Waals surface area (Å²) in [6.07, 6.45) is 3.34. The normalized spacial score (nSPS) is 9.27. The Morgan fingerprint density at radius 2 is 2.36 bits per heavy atom. The Hall–Kier alpha value is -1.01. The number of carbonyl (C=O) groups is 1. The smallest absolute Gasteiger partial charge is 0.229 e. The summed E-state index contributed by atoms with van der Waals surface area (Å²) in [5.74, 6) is 5.51. The molecule has 0 radical (unpaired) electrons. The van der Waals surface area contributed by atoms with Crippen LogP contribution in [-0.4, -0.2) is 16.4 Å². The van der Waals surface area contributed by atoms with E-state index >= 15 is 0 Å². The van der Waals surface area contributed by atoms with Gasteiger partial charge in [-0.1, -0.05) is 0 Å². The molecule has 2 N–H and O–H groups in total. The number of nitrogens with zero attached hydrogens (tertiary/aromatic N) is 3. The van der Waals surface area contributed by atoms with Crippen LogP contribution in [0.5, 0.6) is 0 Å². The number of aromatic nitrogens is 2. The SMILES string of the molecule is NN(C=O)c1cncc(Br)n1. The van der Waals surface area contributed by atoms with Gasteiger partial charge in [0.15, 0.2) is 5.82 Å². The summed E-state index contributed by atoms with van der Waals surface area (Å²) in [7, 11) is 0. The van der Waals surface area contributed by atoms with E-state index in [9.17, 15) is 4.79 Å². The van der Waals surface area contributed by atoms with Crippen molar-refractivity contribution in [3.05, 3.63) is 17.0 Å². The van der Waals surface area contributed by atoms with E-state index in [0.29, 0.717) is 16.8 Å². The van der Waals surface area contributed by atoms with Gasteiger partial charge in [-0.25, -0.2) is 15.8 Å². The minimum Gasteiger partial charge on any atom is -0.277 e. The molecule has 0 unspecified atom stereocenters. The molecule has 1 aromatic rings. The minimum atomic E-state index is 0.300. The van der Waals surface area contributed by atoms with Gasteiger partial charge in [-0.2, -0.15) is 0 Å². The van der Waals surface area contributed by atoms with E-state index in [4.69, 9.17) is 5.84 Å². The molecule has 1 amide bonds. The molecule has 0 bridgehead atoms. The highest BCUT2D eigenvalue weighted by atomic mass is 79.9. The van der Waals surface area contributed by atoms with Gasteiger partial charge < -0.3 is 0 Å². The van der Waals surface area contributed by atoms with Crippen LogP contribution in [0.25, 0.3) is 0 Å². The number of hydrogen-bond donors (Lipinski definition) is 1. The van der Waals surface area contributed by atoms with Crippen molar-refractivity contribution in [2.45, 2.75) is 0 Å². The van der Waals surface area contributed by atoms with Gasteiger partial charge in [-0.05, 0) is 15.9 Å². The number of hydrazine groups is 1. The molecule has 5 nitrogen and oxygen atoms in total. The standard InChI is InChI=1S/C5H5BrN4O/c6-4-1-8-2-5(9-4)10(7)3-11/h1-3H,7H2. The van der Waals surface area contributed by atoms with Gasteiger partial charge in [0.05, 0.1) is 12.4 Å². The summed E-state index contributed by atoms with van der Waals surface area (Å²) < 4.78 is 0.535. The highest BCUT2D eigenvalue weighted by molar-refractivity contribution is 9.10. The fourth-order valence-electron chi connectivity index (χ4n) is 0.511. The lowest BCUT2D eigenvalue weighted by atomic mass is 10.6. The molecule has 0 spiro atoms. The number of nitrogens with two attached hydrogens (primary N) is 1. The average molecular weight is 217 g/mol. The zero-order valence-corrected chi connectivity index (χ0v) is 7.02. The molecule has 1 heterocycles. The second-order valence-corrected chi connectivity index (χ2v) is 2.53. The van der Waals surface area contributed by atoms with Gasteiger partial charge in [-0.3, -0.25) is 9.78 Å². The van der Waals surface area contributed by atoms with Crippen molar-refractivity contribution >= 4 is 28.2 Å². The van der Waals surface area contributed by atoms with Gasteiger partial charge in [-0.15, -0.1) is 0 Å². The Bertz CT molecular complexity index is 266. The minimum absolute atomic E-state index is 0.300. The van der Waals surface area contributed by atoms with Crippen molar-refractivity contribution in [3.8, 4) is 0 Å². The van der Waals surface area contributed by atoms with E-state index < -0.39 is 0 Å². The van der Waals surface area contributed by atoms with E-state index in [0.717, 1.165) is 5.01 Å². The summed E-state index contributed by atoms with van der Waals surface area (Å²) in [4.78, 5) is 17.8. The first-order valence-corrected chi connectivity index (χ1v) is 3.50. The van der Waals surface area contributed by atoms with Gasteiger partial charge in [0.25, 0.3) is 0 Å². The van der Waals surface area contributed by atoms with E-state index in [-0.39, 0.29) is 0 Å². The molecule has 1 aromatic heterocycles. The summed E-state index contributed by atoms with van der Waals surface area (Å²) in [5.41, 5.74) is 0. The van der Waals surface area contributed by atoms with Crippen LogP contribution in [0.3, 0.4) is 0 Å². The van der Waals surface area contributed by atoms with Crippen molar-refractivity contribution in [1.29, 1.82) is 0 Å². The molecule has 1 rings (SSSR count). The van der Waals surface area contributed by atoms with Crippen molar-refractivity contribution in [3.63, 3.8) is 0 Å². The van der Waals surface area contributed by atoms with Crippen LogP contribution < -0.4 is 10.9 Å². The maximum atomic E-state index is 10.1. The highest BCUT2D eigenvalue weighted by Gasteiger charge is 2.00. The van der Waals surface area contributed by atoms with Gasteiger partial charge in [0.1, 0.15) is 4.60 Å². The molecule has 0 aliphatic rings. The summed E-state index contributed by atoms with van der Waals surface area (Å²) in [6.45, 7) is 0. The second-order valence-electron chi connectivity index (χ2n) is 1.71. The Morgan fingerprint density at radius 1 is 1.64 bits per heavy atom. The topological polar surface area (TPSA) is 72.1 Å². The van der Waals surface area contributed by atoms with E-state index in [1.807, 2.05) is 0 Å². The van der Waals surface area contributed by atoms with Crippen LogP contribution in [0.4, 0.5) is 5.82 Å². The first kappa shape index (κ1) is 8.09. The third-order valence-corrected chi connectivity index (χ3v) is 1.35. The summed E-state index contributed by atoms with van der Waals surface area (Å²) in [6, 6.07) is 0. The van der Waals surface area contributed by atoms with Crippen LogP contribution in [0, 0.1) is 0 Å². The van der Waals surface area contributed by atoms with Crippen molar-refractivity contribution in [1.82, 2.24) is 9.97 Å². The van der Waals surface area contributed by atoms with E-state index in [2.05, 4.69) is 25.9 Å². The molecular weight excluding hydrogens is 212 g/mol. The molecule has 11 heavy (non-hydrogen) atoms. The Balaban J connectivity index is 2.95. The molecule has 0 aromatic carbocycles. The maximum absolute atomic E-state index is 10.1. The fourth-order valence-corrected chi connectivity index (χ4v) is 0.811. The van der Waals surface area contributed by atoms with Crippen molar-refractivity contribution < 1.29 is 4.79 Å². The number of rotatable bonds is 2. The lowest BCUT2D eigenvalue weighted by Gasteiger charge is -2.06. The fraction of sp³-hybridized carbons (Fsp3) is 0. The second kappa shape index (κ2) is 3.40. The van der Waals surface area contributed by atoms with Crippen LogP contribution >= 0.6 is 15.9 Å². The summed E-state index contributed by atoms with van der Waals surface area (Å²) >= 11 is 3.09. The molecule has 58 valence electrons. The number of carbonyl (C=O) groups excluding carboxylic acids is 1. The van der Waals surface area contributed by atoms with Crippen LogP contribution in [0.1, 0.15) is 0 Å². The number of halogens is 1. The largest absolute Gasteiger partial charge is 0.277 e. The molecule has 0 saturated carbocycles. The average Bonchev–Trinajstić information content (AvgIpc) is 2.03. The predicted octanol–water partition coefficient (Wildman–Crippen LogP) is 0.0756. The monoisotopic (exact) mass is 216 g/mol. The maximum Gasteiger partial charge on any atom is 0.229 e. The lowest BCUT2D eigenvalue weighted by molar-refractivity contribution is -0.107. The quantitative estimate of drug-likeness (QED) is 0.329. The third-order valence-electron chi connectivity index (χ3n) is 0.971. The third kappa shape index (κ3) is 1.95. The van der Waals surface area contributed by atoms with Crippen LogP contribution in [-0.2, 0) is 4.79 Å². The van der Waals surface area contributed by atoms with Crippen LogP contribution in [0.15, 0.2) is 17.0 Å². The molecule has 0 atom stereocenters. The summed E-state index contributed by atoms with van der Waals surface area (Å²) in [5, 5.41) is 0.845. The first-order valence-electron chi connectivity index (χ1n) is 2.71. The van der Waals surface area contributed by atoms with Gasteiger partial charge >= 0.3 is 0 Å². The molecule has 0 saturated heterocycles. The Morgan fingerprint density at radius 3 is 2.91 bits per heavy atom. The molecule has 0 aliphatic carbocycles. The number of amides is 1. The first-order chi connectivity index (χ1) is 5.24. The van der Waals surface area contributed by atoms with E-state index in [1.165, 1.54) is 12.4 Å². The van der Waals surface area contributed by atoms with Crippen LogP contribution in [0.2, 0.25) is 0 Å². The zero-order valence-electron chi connectivity index (χ0n) is 5.44. The predicted molar refractivity (Wildman–Crippen MR) is 42.5 cm³/mol. The molecular formula is C5H5BrN4O. The van der Waals surface area contributed by atoms with Gasteiger partial charge in [0, 0.05) is 0 Å². The van der Waals surface area contributed by atoms with E-state index in [1.54, 1.807) is 0 Å². The molecule has 6 heteroatoms. The molecule has 0 aliphatic heterocycles.